The van der Waals surface area contributed by atoms with E-state index in [0.29, 0.717) is 19.5 Å². The van der Waals surface area contributed by atoms with Gasteiger partial charge in [-0.1, -0.05) is 48.0 Å². The Kier molecular flexibility index (Phi) is 7.59. The molecule has 0 unspecified atom stereocenters. The Morgan fingerprint density at radius 3 is 2.19 bits per heavy atom. The molecule has 0 bridgehead atoms. The molecule has 2 aromatic rings. The Bertz CT molecular complexity index is 761. The van der Waals surface area contributed by atoms with Gasteiger partial charge in [-0.15, -0.1) is 0 Å². The van der Waals surface area contributed by atoms with Crippen molar-refractivity contribution in [3.05, 3.63) is 64.7 Å². The quantitative estimate of drug-likeness (QED) is 0.752. The third kappa shape index (κ3) is 6.55. The molecule has 0 aliphatic rings. The Balaban J connectivity index is 1.84. The summed E-state index contributed by atoms with van der Waals surface area (Å²) < 4.78 is 0. The normalized spacial score (nSPS) is 10.5. The largest absolute Gasteiger partial charge is 0.342 e. The molecule has 2 rings (SSSR count). The average molecular weight is 367 g/mol. The second kappa shape index (κ2) is 9.91. The lowest BCUT2D eigenvalue weighted by Gasteiger charge is -2.21. The SMILES string of the molecule is CC(=O)N(CCCc1ccccc1)CCC(=O)Nc1c(C)cc(C)cc1C. The van der Waals surface area contributed by atoms with Crippen LogP contribution in [0.2, 0.25) is 0 Å². The zero-order valence-electron chi connectivity index (χ0n) is 16.8. The summed E-state index contributed by atoms with van der Waals surface area (Å²) in [5.74, 6) is -0.0436. The lowest BCUT2D eigenvalue weighted by atomic mass is 10.0. The fourth-order valence-electron chi connectivity index (χ4n) is 3.36. The zero-order valence-corrected chi connectivity index (χ0v) is 16.8. The van der Waals surface area contributed by atoms with Gasteiger partial charge < -0.3 is 10.2 Å². The number of hydrogen-bond donors (Lipinski definition) is 1. The number of amides is 2. The highest BCUT2D eigenvalue weighted by Crippen LogP contribution is 2.22. The zero-order chi connectivity index (χ0) is 19.8. The van der Waals surface area contributed by atoms with E-state index in [1.165, 1.54) is 11.1 Å². The Morgan fingerprint density at radius 2 is 1.59 bits per heavy atom. The number of hydrogen-bond acceptors (Lipinski definition) is 2. The maximum Gasteiger partial charge on any atom is 0.226 e. The molecule has 0 saturated heterocycles. The molecule has 27 heavy (non-hydrogen) atoms. The van der Waals surface area contributed by atoms with Crippen LogP contribution in [0.4, 0.5) is 5.69 Å². The van der Waals surface area contributed by atoms with Gasteiger partial charge in [0.1, 0.15) is 0 Å². The lowest BCUT2D eigenvalue weighted by molar-refractivity contribution is -0.129. The van der Waals surface area contributed by atoms with E-state index in [2.05, 4.69) is 29.6 Å². The first-order valence-electron chi connectivity index (χ1n) is 9.54. The molecule has 0 aliphatic carbocycles. The van der Waals surface area contributed by atoms with E-state index in [1.54, 1.807) is 11.8 Å². The second-order valence-electron chi connectivity index (χ2n) is 7.17. The molecule has 1 N–H and O–H groups in total. The monoisotopic (exact) mass is 366 g/mol. The van der Waals surface area contributed by atoms with Crippen LogP contribution in [0, 0.1) is 20.8 Å². The number of nitrogens with one attached hydrogen (secondary N) is 1. The summed E-state index contributed by atoms with van der Waals surface area (Å²) in [7, 11) is 0. The Hall–Kier alpha value is -2.62. The Morgan fingerprint density at radius 1 is 0.963 bits per heavy atom. The van der Waals surface area contributed by atoms with Gasteiger partial charge in [-0.2, -0.15) is 0 Å². The van der Waals surface area contributed by atoms with E-state index in [-0.39, 0.29) is 11.8 Å². The Labute approximate surface area is 162 Å². The number of carbonyl (C=O) groups is 2. The second-order valence-corrected chi connectivity index (χ2v) is 7.17. The van der Waals surface area contributed by atoms with Gasteiger partial charge in [-0.3, -0.25) is 9.59 Å². The number of benzene rings is 2. The molecule has 0 saturated carbocycles. The molecule has 2 aromatic carbocycles. The molecule has 0 fully saturated rings. The fraction of sp³-hybridized carbons (Fsp3) is 0.391. The number of aryl methyl sites for hydroxylation is 4. The molecule has 2 amide bonds. The van der Waals surface area contributed by atoms with Crippen LogP contribution in [0.15, 0.2) is 42.5 Å². The van der Waals surface area contributed by atoms with E-state index in [0.717, 1.165) is 29.7 Å². The van der Waals surface area contributed by atoms with Crippen LogP contribution in [0.5, 0.6) is 0 Å². The van der Waals surface area contributed by atoms with Gasteiger partial charge in [0.25, 0.3) is 0 Å². The van der Waals surface area contributed by atoms with Gasteiger partial charge in [0.15, 0.2) is 0 Å². The van der Waals surface area contributed by atoms with Crippen LogP contribution in [-0.2, 0) is 16.0 Å². The summed E-state index contributed by atoms with van der Waals surface area (Å²) in [5.41, 5.74) is 5.46. The van der Waals surface area contributed by atoms with Crippen molar-refractivity contribution in [1.82, 2.24) is 4.90 Å². The first-order valence-corrected chi connectivity index (χ1v) is 9.54. The van der Waals surface area contributed by atoms with Crippen molar-refractivity contribution >= 4 is 17.5 Å². The van der Waals surface area contributed by atoms with Gasteiger partial charge in [0.2, 0.25) is 11.8 Å². The van der Waals surface area contributed by atoms with Crippen LogP contribution in [0.1, 0.15) is 42.0 Å². The van der Waals surface area contributed by atoms with Crippen molar-refractivity contribution in [3.8, 4) is 0 Å². The fourth-order valence-corrected chi connectivity index (χ4v) is 3.36. The summed E-state index contributed by atoms with van der Waals surface area (Å²) >= 11 is 0. The van der Waals surface area contributed by atoms with Crippen LogP contribution in [0.3, 0.4) is 0 Å². The molecule has 4 nitrogen and oxygen atoms in total. The number of rotatable bonds is 8. The summed E-state index contributed by atoms with van der Waals surface area (Å²) in [6.07, 6.45) is 2.12. The standard InChI is InChI=1S/C23H30N2O2/c1-17-15-18(2)23(19(3)16-17)24-22(27)12-14-25(20(4)26)13-8-11-21-9-6-5-7-10-21/h5-7,9-10,15-16H,8,11-14H2,1-4H3,(H,24,27). The highest BCUT2D eigenvalue weighted by molar-refractivity contribution is 5.92. The topological polar surface area (TPSA) is 49.4 Å². The van der Waals surface area contributed by atoms with E-state index in [9.17, 15) is 9.59 Å². The predicted octanol–water partition coefficient (Wildman–Crippen LogP) is 4.42. The summed E-state index contributed by atoms with van der Waals surface area (Å²) in [6, 6.07) is 14.4. The summed E-state index contributed by atoms with van der Waals surface area (Å²) in [6.45, 7) is 8.72. The smallest absolute Gasteiger partial charge is 0.226 e. The first-order chi connectivity index (χ1) is 12.9. The van der Waals surface area contributed by atoms with Crippen molar-refractivity contribution < 1.29 is 9.59 Å². The molecule has 4 heteroatoms. The molecule has 0 atom stereocenters. The summed E-state index contributed by atoms with van der Waals surface area (Å²) in [4.78, 5) is 26.0. The van der Waals surface area contributed by atoms with Gasteiger partial charge in [0.05, 0.1) is 0 Å². The minimum atomic E-state index is -0.0561. The molecule has 0 spiro atoms. The van der Waals surface area contributed by atoms with Gasteiger partial charge >= 0.3 is 0 Å². The molecule has 0 heterocycles. The van der Waals surface area contributed by atoms with E-state index < -0.39 is 0 Å². The maximum absolute atomic E-state index is 12.4. The average Bonchev–Trinajstić information content (AvgIpc) is 2.61. The van der Waals surface area contributed by atoms with Gasteiger partial charge in [-0.05, 0) is 50.3 Å². The van der Waals surface area contributed by atoms with Crippen LogP contribution >= 0.6 is 0 Å². The third-order valence-electron chi connectivity index (χ3n) is 4.73. The van der Waals surface area contributed by atoms with Crippen molar-refractivity contribution in [1.29, 1.82) is 0 Å². The van der Waals surface area contributed by atoms with Crippen molar-refractivity contribution in [3.63, 3.8) is 0 Å². The van der Waals surface area contributed by atoms with E-state index >= 15 is 0 Å². The van der Waals surface area contributed by atoms with Crippen molar-refractivity contribution in [2.24, 2.45) is 0 Å². The number of carbonyl (C=O) groups excluding carboxylic acids is 2. The van der Waals surface area contributed by atoms with Crippen molar-refractivity contribution in [2.45, 2.75) is 47.0 Å². The molecule has 0 aliphatic heterocycles. The van der Waals surface area contributed by atoms with Crippen LogP contribution < -0.4 is 5.32 Å². The van der Waals surface area contributed by atoms with Crippen LogP contribution in [-0.4, -0.2) is 29.8 Å². The highest BCUT2D eigenvalue weighted by Gasteiger charge is 2.13. The molecule has 144 valence electrons. The van der Waals surface area contributed by atoms with E-state index in [1.807, 2.05) is 39.0 Å². The highest BCUT2D eigenvalue weighted by atomic mass is 16.2. The van der Waals surface area contributed by atoms with Gasteiger partial charge in [-0.25, -0.2) is 0 Å². The van der Waals surface area contributed by atoms with Gasteiger partial charge in [0, 0.05) is 32.1 Å². The van der Waals surface area contributed by atoms with Crippen molar-refractivity contribution in [2.75, 3.05) is 18.4 Å². The van der Waals surface area contributed by atoms with E-state index in [4.69, 9.17) is 0 Å². The third-order valence-corrected chi connectivity index (χ3v) is 4.73. The summed E-state index contributed by atoms with van der Waals surface area (Å²) in [5, 5.41) is 3.01. The first kappa shape index (κ1) is 20.7. The number of nitrogens with zero attached hydrogens (tertiary/aromatic N) is 1. The molecular formula is C23H30N2O2. The van der Waals surface area contributed by atoms with Crippen LogP contribution in [0.25, 0.3) is 0 Å². The molecular weight excluding hydrogens is 336 g/mol. The molecule has 0 radical (unpaired) electrons. The number of anilines is 1. The lowest BCUT2D eigenvalue weighted by Crippen LogP contribution is -2.33. The maximum atomic E-state index is 12.4. The minimum absolute atomic E-state index is 0.0126. The molecule has 0 aromatic heterocycles. The predicted molar refractivity (Wildman–Crippen MR) is 111 cm³/mol. The minimum Gasteiger partial charge on any atom is -0.342 e.